The molecule has 0 unspecified atom stereocenters. The molecule has 1 aromatic rings. The van der Waals surface area contributed by atoms with Gasteiger partial charge in [-0.2, -0.15) is 0 Å². The van der Waals surface area contributed by atoms with Crippen LogP contribution < -0.4 is 16.0 Å². The van der Waals surface area contributed by atoms with Crippen molar-refractivity contribution >= 4 is 11.9 Å². The molecule has 0 radical (unpaired) electrons. The molecule has 6 nitrogen and oxygen atoms in total. The Morgan fingerprint density at radius 1 is 1.25 bits per heavy atom. The number of carbonyl (C=O) groups excluding carboxylic acids is 1. The molecule has 2 rings (SSSR count). The lowest BCUT2D eigenvalue weighted by Gasteiger charge is -2.20. The molecule has 0 heterocycles. The Kier molecular flexibility index (Phi) is 8.77. The summed E-state index contributed by atoms with van der Waals surface area (Å²) in [5.74, 6) is 1.54. The maximum atomic E-state index is 12.3. The lowest BCUT2D eigenvalue weighted by atomic mass is 10.1. The summed E-state index contributed by atoms with van der Waals surface area (Å²) in [6.45, 7) is 11.8. The lowest BCUT2D eigenvalue weighted by Crippen LogP contribution is -2.40. The molecule has 1 saturated carbocycles. The molecule has 1 aliphatic rings. The first-order valence-corrected chi connectivity index (χ1v) is 10.4. The zero-order valence-electron chi connectivity index (χ0n) is 17.8. The fourth-order valence-corrected chi connectivity index (χ4v) is 2.65. The van der Waals surface area contributed by atoms with Gasteiger partial charge in [0.05, 0.1) is 6.54 Å². The van der Waals surface area contributed by atoms with Crippen LogP contribution in [0.15, 0.2) is 29.3 Å². The largest absolute Gasteiger partial charge is 0.381 e. The molecule has 1 aromatic carbocycles. The first-order valence-electron chi connectivity index (χ1n) is 10.4. The summed E-state index contributed by atoms with van der Waals surface area (Å²) >= 11 is 0. The second-order valence-electron chi connectivity index (χ2n) is 8.40. The third-order valence-corrected chi connectivity index (χ3v) is 4.25. The first-order chi connectivity index (χ1) is 13.4. The van der Waals surface area contributed by atoms with Gasteiger partial charge in [-0.15, -0.1) is 0 Å². The van der Waals surface area contributed by atoms with Crippen molar-refractivity contribution in [2.24, 2.45) is 10.9 Å². The summed E-state index contributed by atoms with van der Waals surface area (Å²) < 4.78 is 5.66. The van der Waals surface area contributed by atoms with Gasteiger partial charge in [-0.05, 0) is 70.6 Å². The fourth-order valence-electron chi connectivity index (χ4n) is 2.65. The number of carbonyl (C=O) groups is 1. The third kappa shape index (κ3) is 9.22. The predicted molar refractivity (Wildman–Crippen MR) is 115 cm³/mol. The summed E-state index contributed by atoms with van der Waals surface area (Å²) in [5.41, 5.74) is 1.41. The monoisotopic (exact) mass is 388 g/mol. The van der Waals surface area contributed by atoms with Crippen molar-refractivity contribution in [3.05, 3.63) is 35.4 Å². The number of nitrogens with zero attached hydrogens (tertiary/aromatic N) is 1. The summed E-state index contributed by atoms with van der Waals surface area (Å²) in [7, 11) is 0. The predicted octanol–water partition coefficient (Wildman–Crippen LogP) is 3.09. The SMILES string of the molecule is CCNC(=NCc1cccc(C(=O)NC(C)(C)C)c1)NCCCOCC1CC1. The molecule has 6 heteroatoms. The third-order valence-electron chi connectivity index (χ3n) is 4.25. The van der Waals surface area contributed by atoms with Gasteiger partial charge in [0.1, 0.15) is 0 Å². The van der Waals surface area contributed by atoms with E-state index in [1.165, 1.54) is 12.8 Å². The van der Waals surface area contributed by atoms with Gasteiger partial charge in [0.15, 0.2) is 5.96 Å². The second kappa shape index (κ2) is 11.1. The van der Waals surface area contributed by atoms with E-state index >= 15 is 0 Å². The van der Waals surface area contributed by atoms with E-state index in [1.54, 1.807) is 0 Å². The van der Waals surface area contributed by atoms with E-state index in [-0.39, 0.29) is 11.4 Å². The van der Waals surface area contributed by atoms with Crippen LogP contribution in [0.1, 0.15) is 62.9 Å². The number of benzene rings is 1. The first kappa shape index (κ1) is 22.2. The smallest absolute Gasteiger partial charge is 0.251 e. The number of aliphatic imine (C=N–C) groups is 1. The molecule has 28 heavy (non-hydrogen) atoms. The van der Waals surface area contributed by atoms with Crippen molar-refractivity contribution in [3.8, 4) is 0 Å². The minimum Gasteiger partial charge on any atom is -0.381 e. The molecular weight excluding hydrogens is 352 g/mol. The summed E-state index contributed by atoms with van der Waals surface area (Å²) in [6.07, 6.45) is 3.61. The highest BCUT2D eigenvalue weighted by Crippen LogP contribution is 2.28. The molecule has 0 spiro atoms. The van der Waals surface area contributed by atoms with E-state index in [2.05, 4.69) is 20.9 Å². The van der Waals surface area contributed by atoms with Crippen LogP contribution in [0.2, 0.25) is 0 Å². The second-order valence-corrected chi connectivity index (χ2v) is 8.40. The highest BCUT2D eigenvalue weighted by atomic mass is 16.5. The summed E-state index contributed by atoms with van der Waals surface area (Å²) in [5, 5.41) is 9.59. The average Bonchev–Trinajstić information content (AvgIpc) is 3.45. The minimum atomic E-state index is -0.254. The quantitative estimate of drug-likeness (QED) is 0.327. The molecule has 3 N–H and O–H groups in total. The van der Waals surface area contributed by atoms with E-state index in [0.29, 0.717) is 12.1 Å². The number of hydrogen-bond donors (Lipinski definition) is 3. The number of nitrogens with one attached hydrogen (secondary N) is 3. The van der Waals surface area contributed by atoms with Crippen molar-refractivity contribution < 1.29 is 9.53 Å². The molecule has 1 fully saturated rings. The molecule has 1 amide bonds. The van der Waals surface area contributed by atoms with Crippen LogP contribution in [0.3, 0.4) is 0 Å². The van der Waals surface area contributed by atoms with Crippen LogP contribution in [0.25, 0.3) is 0 Å². The number of amides is 1. The lowest BCUT2D eigenvalue weighted by molar-refractivity contribution is 0.0919. The molecule has 1 aliphatic carbocycles. The van der Waals surface area contributed by atoms with Crippen molar-refractivity contribution in [1.29, 1.82) is 0 Å². The number of ether oxygens (including phenoxy) is 1. The number of hydrogen-bond acceptors (Lipinski definition) is 3. The van der Waals surface area contributed by atoms with Crippen LogP contribution in [-0.2, 0) is 11.3 Å². The molecule has 0 aliphatic heterocycles. The Balaban J connectivity index is 1.81. The van der Waals surface area contributed by atoms with E-state index < -0.39 is 0 Å². The zero-order valence-corrected chi connectivity index (χ0v) is 17.8. The molecule has 0 aromatic heterocycles. The van der Waals surface area contributed by atoms with Gasteiger partial charge in [0.25, 0.3) is 5.91 Å². The Hall–Kier alpha value is -2.08. The van der Waals surface area contributed by atoms with E-state index in [9.17, 15) is 4.79 Å². The highest BCUT2D eigenvalue weighted by Gasteiger charge is 2.20. The van der Waals surface area contributed by atoms with Gasteiger partial charge < -0.3 is 20.7 Å². The normalized spacial score (nSPS) is 14.6. The zero-order chi connectivity index (χ0) is 20.4. The van der Waals surface area contributed by atoms with Gasteiger partial charge in [0.2, 0.25) is 0 Å². The van der Waals surface area contributed by atoms with E-state index in [4.69, 9.17) is 4.74 Å². The van der Waals surface area contributed by atoms with Crippen molar-refractivity contribution in [3.63, 3.8) is 0 Å². The summed E-state index contributed by atoms with van der Waals surface area (Å²) in [6, 6.07) is 7.63. The maximum Gasteiger partial charge on any atom is 0.251 e. The van der Waals surface area contributed by atoms with E-state index in [0.717, 1.165) is 50.2 Å². The van der Waals surface area contributed by atoms with Gasteiger partial charge in [-0.1, -0.05) is 12.1 Å². The van der Waals surface area contributed by atoms with Crippen LogP contribution in [-0.4, -0.2) is 43.7 Å². The van der Waals surface area contributed by atoms with Gasteiger partial charge in [-0.3, -0.25) is 4.79 Å². The average molecular weight is 389 g/mol. The van der Waals surface area contributed by atoms with Crippen LogP contribution >= 0.6 is 0 Å². The fraction of sp³-hybridized carbons (Fsp3) is 0.636. The van der Waals surface area contributed by atoms with Gasteiger partial charge in [0, 0.05) is 37.4 Å². The van der Waals surface area contributed by atoms with Crippen molar-refractivity contribution in [2.45, 2.75) is 59.0 Å². The minimum absolute atomic E-state index is 0.0606. The van der Waals surface area contributed by atoms with Gasteiger partial charge in [-0.25, -0.2) is 4.99 Å². The molecule has 0 atom stereocenters. The van der Waals surface area contributed by atoms with Crippen LogP contribution in [0, 0.1) is 5.92 Å². The topological polar surface area (TPSA) is 74.8 Å². The Morgan fingerprint density at radius 2 is 2.04 bits per heavy atom. The Labute approximate surface area is 169 Å². The standard InChI is InChI=1S/C22H36N4O2/c1-5-23-21(24-12-7-13-28-16-17-10-11-17)25-15-18-8-6-9-19(14-18)20(27)26-22(2,3)4/h6,8-9,14,17H,5,7,10-13,15-16H2,1-4H3,(H,26,27)(H2,23,24,25). The van der Waals surface area contributed by atoms with Gasteiger partial charge >= 0.3 is 0 Å². The number of guanidine groups is 1. The van der Waals surface area contributed by atoms with Crippen molar-refractivity contribution in [2.75, 3.05) is 26.3 Å². The summed E-state index contributed by atoms with van der Waals surface area (Å²) in [4.78, 5) is 17.0. The van der Waals surface area contributed by atoms with Crippen LogP contribution in [0.4, 0.5) is 0 Å². The molecule has 0 saturated heterocycles. The molecule has 156 valence electrons. The Morgan fingerprint density at radius 3 is 2.71 bits per heavy atom. The number of rotatable bonds is 10. The Bertz CT molecular complexity index is 648. The molecular formula is C22H36N4O2. The van der Waals surface area contributed by atoms with Crippen LogP contribution in [0.5, 0.6) is 0 Å². The highest BCUT2D eigenvalue weighted by molar-refractivity contribution is 5.94. The maximum absolute atomic E-state index is 12.3. The van der Waals surface area contributed by atoms with Crippen molar-refractivity contribution in [1.82, 2.24) is 16.0 Å². The molecule has 0 bridgehead atoms. The van der Waals surface area contributed by atoms with E-state index in [1.807, 2.05) is 52.0 Å².